The van der Waals surface area contributed by atoms with Crippen LogP contribution in [0.1, 0.15) is 25.3 Å². The van der Waals surface area contributed by atoms with Crippen LogP contribution in [0.4, 0.5) is 0 Å². The average molecular weight is 338 g/mol. The van der Waals surface area contributed by atoms with Gasteiger partial charge in [-0.05, 0) is 37.0 Å². The number of hydrogen-bond acceptors (Lipinski definition) is 4. The molecule has 0 saturated carbocycles. The second kappa shape index (κ2) is 8.64. The summed E-state index contributed by atoms with van der Waals surface area (Å²) < 4.78 is 2.22. The molecule has 0 bridgehead atoms. The van der Waals surface area contributed by atoms with Gasteiger partial charge in [0.1, 0.15) is 0 Å². The van der Waals surface area contributed by atoms with E-state index in [4.69, 9.17) is 0 Å². The van der Waals surface area contributed by atoms with Gasteiger partial charge in [-0.2, -0.15) is 0 Å². The fourth-order valence-electron chi connectivity index (χ4n) is 2.62. The van der Waals surface area contributed by atoms with Gasteiger partial charge in [-0.3, -0.25) is 4.98 Å². The Morgan fingerprint density at radius 3 is 2.54 bits per heavy atom. The van der Waals surface area contributed by atoms with Crippen molar-refractivity contribution in [2.24, 2.45) is 0 Å². The summed E-state index contributed by atoms with van der Waals surface area (Å²) in [6, 6.07) is 14.6. The zero-order valence-corrected chi connectivity index (χ0v) is 14.7. The number of aryl methyl sites for hydroxylation is 1. The lowest BCUT2D eigenvalue weighted by Crippen LogP contribution is -2.02. The molecule has 3 rings (SSSR count). The Balaban J connectivity index is 1.64. The summed E-state index contributed by atoms with van der Waals surface area (Å²) in [5.74, 6) is 1.98. The standard InChI is InChI=1S/C19H22N4S/c1-2-14-23-18(17-10-12-20-13-11-17)21-22-19(23)24-15-6-9-16-7-4-3-5-8-16/h3-5,7-8,10-13H,2,6,9,14-15H2,1H3. The van der Waals surface area contributed by atoms with E-state index in [9.17, 15) is 0 Å². The first kappa shape index (κ1) is 16.7. The van der Waals surface area contributed by atoms with Gasteiger partial charge in [0.25, 0.3) is 0 Å². The molecule has 0 radical (unpaired) electrons. The minimum absolute atomic E-state index is 0.935. The molecule has 0 spiro atoms. The Labute approximate surface area is 147 Å². The highest BCUT2D eigenvalue weighted by Crippen LogP contribution is 2.24. The van der Waals surface area contributed by atoms with Crippen molar-refractivity contribution in [3.05, 3.63) is 60.4 Å². The molecule has 0 aliphatic rings. The zero-order chi connectivity index (χ0) is 16.6. The SMILES string of the molecule is CCCn1c(SCCCc2ccccc2)nnc1-c1ccncc1. The van der Waals surface area contributed by atoms with E-state index in [1.165, 1.54) is 5.56 Å². The minimum atomic E-state index is 0.935. The summed E-state index contributed by atoms with van der Waals surface area (Å²) in [4.78, 5) is 4.08. The maximum Gasteiger partial charge on any atom is 0.191 e. The summed E-state index contributed by atoms with van der Waals surface area (Å²) in [5, 5.41) is 9.83. The molecule has 124 valence electrons. The van der Waals surface area contributed by atoms with Crippen LogP contribution in [-0.4, -0.2) is 25.5 Å². The molecule has 0 fully saturated rings. The molecule has 0 saturated heterocycles. The highest BCUT2D eigenvalue weighted by Gasteiger charge is 2.13. The lowest BCUT2D eigenvalue weighted by molar-refractivity contribution is 0.626. The normalized spacial score (nSPS) is 10.9. The Hall–Kier alpha value is -2.14. The average Bonchev–Trinajstić information content (AvgIpc) is 3.03. The number of nitrogens with zero attached hydrogens (tertiary/aromatic N) is 4. The second-order valence-corrected chi connectivity index (χ2v) is 6.69. The molecular weight excluding hydrogens is 316 g/mol. The van der Waals surface area contributed by atoms with E-state index in [2.05, 4.69) is 57.0 Å². The van der Waals surface area contributed by atoms with Gasteiger partial charge >= 0.3 is 0 Å². The van der Waals surface area contributed by atoms with Gasteiger partial charge in [0.15, 0.2) is 11.0 Å². The monoisotopic (exact) mass is 338 g/mol. The molecule has 0 aliphatic heterocycles. The van der Waals surface area contributed by atoms with Gasteiger partial charge < -0.3 is 4.57 Å². The zero-order valence-electron chi connectivity index (χ0n) is 13.9. The smallest absolute Gasteiger partial charge is 0.191 e. The van der Waals surface area contributed by atoms with E-state index in [0.717, 1.165) is 48.1 Å². The Morgan fingerprint density at radius 1 is 1.00 bits per heavy atom. The number of aromatic nitrogens is 4. The van der Waals surface area contributed by atoms with E-state index in [0.29, 0.717) is 0 Å². The van der Waals surface area contributed by atoms with Crippen LogP contribution in [0.3, 0.4) is 0 Å². The summed E-state index contributed by atoms with van der Waals surface area (Å²) in [5.41, 5.74) is 2.47. The quantitative estimate of drug-likeness (QED) is 0.449. The van der Waals surface area contributed by atoms with Crippen LogP contribution in [0.25, 0.3) is 11.4 Å². The highest BCUT2D eigenvalue weighted by molar-refractivity contribution is 7.99. The van der Waals surface area contributed by atoms with Crippen LogP contribution < -0.4 is 0 Å². The van der Waals surface area contributed by atoms with Gasteiger partial charge in [0.2, 0.25) is 0 Å². The number of hydrogen-bond donors (Lipinski definition) is 0. The molecule has 24 heavy (non-hydrogen) atoms. The van der Waals surface area contributed by atoms with Crippen molar-refractivity contribution >= 4 is 11.8 Å². The van der Waals surface area contributed by atoms with Crippen LogP contribution >= 0.6 is 11.8 Å². The van der Waals surface area contributed by atoms with Crippen molar-refractivity contribution in [2.45, 2.75) is 37.9 Å². The molecule has 1 aromatic carbocycles. The number of benzene rings is 1. The Morgan fingerprint density at radius 2 is 1.79 bits per heavy atom. The molecule has 2 heterocycles. The molecule has 0 unspecified atom stereocenters. The summed E-state index contributed by atoms with van der Waals surface area (Å²) in [6.07, 6.45) is 6.90. The van der Waals surface area contributed by atoms with E-state index < -0.39 is 0 Å². The van der Waals surface area contributed by atoms with Crippen LogP contribution in [-0.2, 0) is 13.0 Å². The minimum Gasteiger partial charge on any atom is -0.302 e. The van der Waals surface area contributed by atoms with Gasteiger partial charge in [0.05, 0.1) is 0 Å². The lowest BCUT2D eigenvalue weighted by Gasteiger charge is -2.08. The molecule has 0 N–H and O–H groups in total. The van der Waals surface area contributed by atoms with E-state index in [1.54, 1.807) is 24.2 Å². The van der Waals surface area contributed by atoms with Crippen molar-refractivity contribution in [1.29, 1.82) is 0 Å². The van der Waals surface area contributed by atoms with Crippen molar-refractivity contribution < 1.29 is 0 Å². The van der Waals surface area contributed by atoms with Crippen LogP contribution in [0.5, 0.6) is 0 Å². The molecular formula is C19H22N4S. The first-order chi connectivity index (χ1) is 11.9. The molecule has 0 amide bonds. The van der Waals surface area contributed by atoms with Crippen molar-refractivity contribution in [3.63, 3.8) is 0 Å². The van der Waals surface area contributed by atoms with Crippen LogP contribution in [0.2, 0.25) is 0 Å². The van der Waals surface area contributed by atoms with Gasteiger partial charge in [-0.15, -0.1) is 10.2 Å². The molecule has 4 nitrogen and oxygen atoms in total. The van der Waals surface area contributed by atoms with Crippen molar-refractivity contribution in [3.8, 4) is 11.4 Å². The topological polar surface area (TPSA) is 43.6 Å². The predicted octanol–water partition coefficient (Wildman–Crippen LogP) is 4.48. The number of rotatable bonds is 8. The molecule has 0 atom stereocenters. The Bertz CT molecular complexity index is 741. The summed E-state index contributed by atoms with van der Waals surface area (Å²) >= 11 is 1.80. The van der Waals surface area contributed by atoms with E-state index >= 15 is 0 Å². The summed E-state index contributed by atoms with van der Waals surface area (Å²) in [6.45, 7) is 3.12. The Kier molecular flexibility index (Phi) is 6.01. The third kappa shape index (κ3) is 4.23. The summed E-state index contributed by atoms with van der Waals surface area (Å²) in [7, 11) is 0. The predicted molar refractivity (Wildman–Crippen MR) is 99.0 cm³/mol. The van der Waals surface area contributed by atoms with Crippen molar-refractivity contribution in [2.75, 3.05) is 5.75 Å². The molecule has 3 aromatic rings. The fourth-order valence-corrected chi connectivity index (χ4v) is 3.52. The first-order valence-electron chi connectivity index (χ1n) is 8.39. The maximum atomic E-state index is 4.41. The van der Waals surface area contributed by atoms with Gasteiger partial charge in [-0.1, -0.05) is 49.0 Å². The fraction of sp³-hybridized carbons (Fsp3) is 0.316. The number of pyridine rings is 1. The lowest BCUT2D eigenvalue weighted by atomic mass is 10.1. The third-order valence-electron chi connectivity index (χ3n) is 3.79. The molecule has 0 aliphatic carbocycles. The second-order valence-electron chi connectivity index (χ2n) is 5.63. The maximum absolute atomic E-state index is 4.41. The van der Waals surface area contributed by atoms with Crippen LogP contribution in [0, 0.1) is 0 Å². The molecule has 2 aromatic heterocycles. The van der Waals surface area contributed by atoms with Gasteiger partial charge in [0, 0.05) is 30.3 Å². The van der Waals surface area contributed by atoms with Crippen molar-refractivity contribution in [1.82, 2.24) is 19.7 Å². The van der Waals surface area contributed by atoms with Gasteiger partial charge in [-0.25, -0.2) is 0 Å². The van der Waals surface area contributed by atoms with Crippen LogP contribution in [0.15, 0.2) is 60.0 Å². The third-order valence-corrected chi connectivity index (χ3v) is 4.84. The highest BCUT2D eigenvalue weighted by atomic mass is 32.2. The van der Waals surface area contributed by atoms with E-state index in [1.807, 2.05) is 12.1 Å². The largest absolute Gasteiger partial charge is 0.302 e. The first-order valence-corrected chi connectivity index (χ1v) is 9.37. The van der Waals surface area contributed by atoms with E-state index in [-0.39, 0.29) is 0 Å². The molecule has 5 heteroatoms. The number of thioether (sulfide) groups is 1.